The van der Waals surface area contributed by atoms with Crippen molar-refractivity contribution in [2.45, 2.75) is 29.6 Å². The fraction of sp³-hybridized carbons (Fsp3) is 0.308. The first-order valence-corrected chi connectivity index (χ1v) is 9.15. The van der Waals surface area contributed by atoms with E-state index in [2.05, 4.69) is 16.7 Å². The normalized spacial score (nSPS) is 13.3. The van der Waals surface area contributed by atoms with Crippen molar-refractivity contribution in [3.05, 3.63) is 39.1 Å². The smallest absolute Gasteiger partial charge is 0.233 e. The van der Waals surface area contributed by atoms with Gasteiger partial charge in [0.1, 0.15) is 10.6 Å². The number of alkyl halides is 6. The Kier molecular flexibility index (Phi) is 5.30. The summed E-state index contributed by atoms with van der Waals surface area (Å²) in [4.78, 5) is -0.871. The van der Waals surface area contributed by atoms with Crippen molar-refractivity contribution in [2.24, 2.45) is 0 Å². The van der Waals surface area contributed by atoms with Crippen LogP contribution in [0.25, 0.3) is 5.69 Å². The molecule has 144 valence electrons. The molecule has 13 heteroatoms. The van der Waals surface area contributed by atoms with Crippen molar-refractivity contribution in [3.8, 4) is 5.69 Å². The van der Waals surface area contributed by atoms with Crippen LogP contribution in [0, 0.1) is 13.8 Å². The molecule has 4 nitrogen and oxygen atoms in total. The van der Waals surface area contributed by atoms with Crippen LogP contribution in [-0.2, 0) is 16.0 Å². The summed E-state index contributed by atoms with van der Waals surface area (Å²) in [5, 5.41) is 2.76. The Labute approximate surface area is 159 Å². The molecule has 0 saturated carbocycles. The van der Waals surface area contributed by atoms with Gasteiger partial charge in [0.15, 0.2) is 0 Å². The van der Waals surface area contributed by atoms with Gasteiger partial charge in [0.2, 0.25) is 0 Å². The maximum Gasteiger partial charge on any atom is 0.427 e. The Bertz CT molecular complexity index is 958. The summed E-state index contributed by atoms with van der Waals surface area (Å²) in [5.74, 6) is 0. The van der Waals surface area contributed by atoms with Crippen LogP contribution in [-0.4, -0.2) is 22.9 Å². The summed E-state index contributed by atoms with van der Waals surface area (Å²) in [6.45, 7) is 2.23. The van der Waals surface area contributed by atoms with Crippen molar-refractivity contribution >= 4 is 44.6 Å². The van der Waals surface area contributed by atoms with Gasteiger partial charge >= 0.3 is 10.9 Å². The van der Waals surface area contributed by atoms with Crippen LogP contribution in [0.2, 0.25) is 10.0 Å². The molecule has 0 unspecified atom stereocenters. The lowest BCUT2D eigenvalue weighted by Crippen LogP contribution is -2.23. The highest BCUT2D eigenvalue weighted by Crippen LogP contribution is 2.40. The molecular formula is C13H8Cl3F5N2O2S. The maximum atomic E-state index is 13.3. The van der Waals surface area contributed by atoms with Gasteiger partial charge in [0.05, 0.1) is 27.0 Å². The number of sulfone groups is 1. The van der Waals surface area contributed by atoms with Crippen molar-refractivity contribution in [1.82, 2.24) is 9.78 Å². The third kappa shape index (κ3) is 3.51. The minimum atomic E-state index is -5.30. The molecule has 1 heterocycles. The van der Waals surface area contributed by atoms with Gasteiger partial charge in [0.25, 0.3) is 9.84 Å². The van der Waals surface area contributed by atoms with Gasteiger partial charge < -0.3 is 0 Å². The lowest BCUT2D eigenvalue weighted by molar-refractivity contribution is -0.137. The molecule has 0 fully saturated rings. The summed E-state index contributed by atoms with van der Waals surface area (Å²) in [6, 6.07) is 1.12. The molecule has 0 bridgehead atoms. The van der Waals surface area contributed by atoms with Gasteiger partial charge in [-0.1, -0.05) is 23.2 Å². The van der Waals surface area contributed by atoms with Gasteiger partial charge in [-0.25, -0.2) is 13.1 Å². The van der Waals surface area contributed by atoms with E-state index < -0.39 is 41.2 Å². The molecule has 0 aliphatic rings. The first-order chi connectivity index (χ1) is 11.6. The Hall–Kier alpha value is -1.10. The van der Waals surface area contributed by atoms with E-state index in [4.69, 9.17) is 23.2 Å². The van der Waals surface area contributed by atoms with Gasteiger partial charge in [-0.15, -0.1) is 0 Å². The minimum Gasteiger partial charge on any atom is -0.233 e. The predicted molar refractivity (Wildman–Crippen MR) is 86.0 cm³/mol. The molecule has 0 aliphatic carbocycles. The average molecular weight is 458 g/mol. The van der Waals surface area contributed by atoms with Gasteiger partial charge in [-0.05, 0) is 37.6 Å². The fourth-order valence-electron chi connectivity index (χ4n) is 2.28. The average Bonchev–Trinajstić information content (AvgIpc) is 2.71. The molecule has 1 aromatic carbocycles. The molecule has 1 aromatic heterocycles. The van der Waals surface area contributed by atoms with Crippen LogP contribution in [0.1, 0.15) is 17.0 Å². The van der Waals surface area contributed by atoms with Crippen molar-refractivity contribution in [1.29, 1.82) is 0 Å². The third-order valence-electron chi connectivity index (χ3n) is 3.35. The Morgan fingerprint density at radius 3 is 1.88 bits per heavy atom. The first-order valence-electron chi connectivity index (χ1n) is 6.53. The van der Waals surface area contributed by atoms with Crippen molar-refractivity contribution in [3.63, 3.8) is 0 Å². The fourth-order valence-corrected chi connectivity index (χ4v) is 4.30. The van der Waals surface area contributed by atoms with E-state index in [9.17, 15) is 30.4 Å². The van der Waals surface area contributed by atoms with Crippen LogP contribution in [0.4, 0.5) is 22.0 Å². The molecule has 26 heavy (non-hydrogen) atoms. The molecule has 2 aromatic rings. The highest BCUT2D eigenvalue weighted by atomic mass is 35.5. The first kappa shape index (κ1) is 21.2. The van der Waals surface area contributed by atoms with Crippen LogP contribution in [0.3, 0.4) is 0 Å². The number of aromatic nitrogens is 2. The number of hydrogen-bond donors (Lipinski definition) is 0. The number of halogens is 8. The van der Waals surface area contributed by atoms with Crippen molar-refractivity contribution in [2.75, 3.05) is 0 Å². The van der Waals surface area contributed by atoms with E-state index in [-0.39, 0.29) is 17.1 Å². The quantitative estimate of drug-likeness (QED) is 0.459. The molecule has 2 rings (SSSR count). The van der Waals surface area contributed by atoms with E-state index in [1.165, 1.54) is 0 Å². The van der Waals surface area contributed by atoms with Gasteiger partial charge in [0, 0.05) is 0 Å². The second-order valence-electron chi connectivity index (χ2n) is 5.15. The van der Waals surface area contributed by atoms with Crippen molar-refractivity contribution < 1.29 is 30.4 Å². The molecule has 0 saturated heterocycles. The monoisotopic (exact) mass is 456 g/mol. The van der Waals surface area contributed by atoms with E-state index in [1.807, 2.05) is 0 Å². The number of aryl methyl sites for hydroxylation is 1. The second kappa shape index (κ2) is 6.50. The molecule has 0 spiro atoms. The van der Waals surface area contributed by atoms with Gasteiger partial charge in [-0.2, -0.15) is 27.1 Å². The molecule has 0 atom stereocenters. The van der Waals surface area contributed by atoms with E-state index in [1.54, 1.807) is 0 Å². The topological polar surface area (TPSA) is 52.0 Å². The molecular weight excluding hydrogens is 450 g/mol. The standard InChI is InChI=1S/C13H8Cl3F5N2O2S/c1-5-11(26(24,25)13(16,20)21)6(2)23(22-5)10-8(14)3-7(4-9(10)15)12(17,18)19/h3-4H,1-2H3. The number of rotatable bonds is 3. The molecule has 0 N–H and O–H groups in total. The summed E-state index contributed by atoms with van der Waals surface area (Å²) in [5.41, 5.74) is -2.12. The lowest BCUT2D eigenvalue weighted by atomic mass is 10.2. The van der Waals surface area contributed by atoms with Gasteiger partial charge in [-0.3, -0.25) is 0 Å². The Balaban J connectivity index is 2.76. The zero-order valence-corrected chi connectivity index (χ0v) is 15.9. The number of nitrogens with zero attached hydrogens (tertiary/aromatic N) is 2. The molecule has 0 amide bonds. The highest BCUT2D eigenvalue weighted by molar-refractivity contribution is 7.93. The summed E-state index contributed by atoms with van der Waals surface area (Å²) in [6.07, 6.45) is -4.73. The maximum absolute atomic E-state index is 13.3. The summed E-state index contributed by atoms with van der Waals surface area (Å²) >= 11 is 16.3. The minimum absolute atomic E-state index is 0.290. The number of benzene rings is 1. The molecule has 0 aliphatic heterocycles. The largest absolute Gasteiger partial charge is 0.427 e. The Morgan fingerprint density at radius 1 is 1.04 bits per heavy atom. The zero-order chi connectivity index (χ0) is 20.2. The van der Waals surface area contributed by atoms with Crippen LogP contribution >= 0.6 is 34.8 Å². The van der Waals surface area contributed by atoms with Crippen LogP contribution in [0.15, 0.2) is 17.0 Å². The number of hydrogen-bond acceptors (Lipinski definition) is 3. The summed E-state index contributed by atoms with van der Waals surface area (Å²) in [7, 11) is -5.30. The zero-order valence-electron chi connectivity index (χ0n) is 12.8. The molecule has 0 radical (unpaired) electrons. The van der Waals surface area contributed by atoms with E-state index in [0.29, 0.717) is 12.1 Å². The predicted octanol–water partition coefficient (Wildman–Crippen LogP) is 5.38. The lowest BCUT2D eigenvalue weighted by Gasteiger charge is -2.14. The van der Waals surface area contributed by atoms with Crippen LogP contribution < -0.4 is 0 Å². The Morgan fingerprint density at radius 2 is 1.50 bits per heavy atom. The van der Waals surface area contributed by atoms with E-state index >= 15 is 0 Å². The van der Waals surface area contributed by atoms with E-state index in [0.717, 1.165) is 18.5 Å². The summed E-state index contributed by atoms with van der Waals surface area (Å²) < 4.78 is 85.0. The SMILES string of the molecule is Cc1nn(-c2c(Cl)cc(C(F)(F)F)cc2Cl)c(C)c1S(=O)(=O)C(F)(F)Cl. The second-order valence-corrected chi connectivity index (χ2v) is 8.59. The third-order valence-corrected chi connectivity index (χ3v) is 6.28. The van der Waals surface area contributed by atoms with Crippen LogP contribution in [0.5, 0.6) is 0 Å². The highest BCUT2D eigenvalue weighted by Gasteiger charge is 2.47.